The Kier molecular flexibility index (Phi) is 2.85. The van der Waals surface area contributed by atoms with Gasteiger partial charge in [-0.05, 0) is 23.1 Å². The smallest absolute Gasteiger partial charge is 0.148 e. The van der Waals surface area contributed by atoms with Crippen LogP contribution in [-0.4, -0.2) is 4.98 Å². The zero-order valence-corrected chi connectivity index (χ0v) is 11.0. The fourth-order valence-electron chi connectivity index (χ4n) is 1.58. The van der Waals surface area contributed by atoms with Crippen LogP contribution < -0.4 is 0 Å². The average molecular weight is 254 g/mol. The molecule has 16 heavy (non-hydrogen) atoms. The maximum atomic E-state index is 5.92. The molecule has 0 saturated carbocycles. The molecule has 0 fully saturated rings. The molecular formula is C13H13Cl2N. The summed E-state index contributed by atoms with van der Waals surface area (Å²) in [5.41, 5.74) is 2.25. The summed E-state index contributed by atoms with van der Waals surface area (Å²) in [6.45, 7) is 6.52. The van der Waals surface area contributed by atoms with Gasteiger partial charge < -0.3 is 0 Å². The molecule has 1 heterocycles. The fourth-order valence-corrected chi connectivity index (χ4v) is 1.89. The van der Waals surface area contributed by atoms with Crippen molar-refractivity contribution in [3.63, 3.8) is 0 Å². The first-order valence-corrected chi connectivity index (χ1v) is 5.90. The molecule has 0 amide bonds. The van der Waals surface area contributed by atoms with Gasteiger partial charge in [0.15, 0.2) is 0 Å². The van der Waals surface area contributed by atoms with Crippen LogP contribution in [0, 0.1) is 0 Å². The molecule has 84 valence electrons. The highest BCUT2D eigenvalue weighted by Crippen LogP contribution is 2.29. The van der Waals surface area contributed by atoms with Gasteiger partial charge in [0.1, 0.15) is 5.15 Å². The largest absolute Gasteiger partial charge is 0.235 e. The monoisotopic (exact) mass is 253 g/mol. The van der Waals surface area contributed by atoms with Crippen LogP contribution in [0.3, 0.4) is 0 Å². The third-order valence-electron chi connectivity index (χ3n) is 2.59. The van der Waals surface area contributed by atoms with Crippen molar-refractivity contribution in [1.29, 1.82) is 0 Å². The second-order valence-electron chi connectivity index (χ2n) is 4.92. The summed E-state index contributed by atoms with van der Waals surface area (Å²) in [5, 5.41) is 1.88. The number of pyridine rings is 1. The van der Waals surface area contributed by atoms with Crippen molar-refractivity contribution < 1.29 is 0 Å². The fraction of sp³-hybridized carbons (Fsp3) is 0.308. The normalized spacial score (nSPS) is 12.1. The van der Waals surface area contributed by atoms with Gasteiger partial charge in [0.05, 0.1) is 10.5 Å². The van der Waals surface area contributed by atoms with Crippen molar-refractivity contribution >= 4 is 34.1 Å². The highest BCUT2D eigenvalue weighted by atomic mass is 35.5. The van der Waals surface area contributed by atoms with Crippen molar-refractivity contribution in [1.82, 2.24) is 4.98 Å². The summed E-state index contributed by atoms with van der Waals surface area (Å²) in [4.78, 5) is 4.28. The van der Waals surface area contributed by atoms with Crippen molar-refractivity contribution in [3.8, 4) is 0 Å². The highest BCUT2D eigenvalue weighted by molar-refractivity contribution is 6.41. The Morgan fingerprint density at radius 3 is 2.38 bits per heavy atom. The minimum Gasteiger partial charge on any atom is -0.235 e. The molecular weight excluding hydrogens is 241 g/mol. The number of hydrogen-bond donors (Lipinski definition) is 0. The van der Waals surface area contributed by atoms with Crippen LogP contribution in [0.2, 0.25) is 10.2 Å². The SMILES string of the molecule is CC(C)(C)c1ccc2cc(Cl)c(Cl)nc2c1. The summed E-state index contributed by atoms with van der Waals surface area (Å²) in [6.07, 6.45) is 0. The topological polar surface area (TPSA) is 12.9 Å². The lowest BCUT2D eigenvalue weighted by atomic mass is 9.86. The van der Waals surface area contributed by atoms with Crippen LogP contribution in [0.15, 0.2) is 24.3 Å². The Bertz CT molecular complexity index is 541. The molecule has 1 aromatic carbocycles. The molecule has 0 radical (unpaired) electrons. The van der Waals surface area contributed by atoms with Gasteiger partial charge in [-0.15, -0.1) is 0 Å². The Balaban J connectivity index is 2.67. The molecule has 1 aromatic heterocycles. The summed E-state index contributed by atoms with van der Waals surface area (Å²) in [7, 11) is 0. The molecule has 0 N–H and O–H groups in total. The molecule has 2 aromatic rings. The molecule has 1 nitrogen and oxygen atoms in total. The number of halogens is 2. The molecule has 0 aliphatic rings. The maximum Gasteiger partial charge on any atom is 0.148 e. The molecule has 2 rings (SSSR count). The van der Waals surface area contributed by atoms with Crippen LogP contribution in [0.25, 0.3) is 10.9 Å². The number of nitrogens with zero attached hydrogens (tertiary/aromatic N) is 1. The summed E-state index contributed by atoms with van der Waals surface area (Å²) >= 11 is 11.8. The molecule has 0 spiro atoms. The second-order valence-corrected chi connectivity index (χ2v) is 5.68. The van der Waals surface area contributed by atoms with E-state index in [4.69, 9.17) is 23.2 Å². The Hall–Kier alpha value is -0.790. The summed E-state index contributed by atoms with van der Waals surface area (Å²) in [6, 6.07) is 8.05. The van der Waals surface area contributed by atoms with Crippen LogP contribution >= 0.6 is 23.2 Å². The first-order valence-electron chi connectivity index (χ1n) is 5.14. The molecule has 3 heteroatoms. The third-order valence-corrected chi connectivity index (χ3v) is 3.27. The van der Waals surface area contributed by atoms with Gasteiger partial charge in [0.25, 0.3) is 0 Å². The second kappa shape index (κ2) is 3.90. The minimum atomic E-state index is 0.113. The van der Waals surface area contributed by atoms with Gasteiger partial charge in [-0.3, -0.25) is 0 Å². The number of fused-ring (bicyclic) bond motifs is 1. The van der Waals surface area contributed by atoms with E-state index in [0.717, 1.165) is 10.9 Å². The van der Waals surface area contributed by atoms with Gasteiger partial charge >= 0.3 is 0 Å². The molecule has 0 bridgehead atoms. The van der Waals surface area contributed by atoms with Crippen molar-refractivity contribution in [3.05, 3.63) is 40.0 Å². The van der Waals surface area contributed by atoms with Gasteiger partial charge in [-0.25, -0.2) is 4.98 Å². The molecule has 0 unspecified atom stereocenters. The van der Waals surface area contributed by atoms with E-state index in [-0.39, 0.29) is 5.41 Å². The first-order chi connectivity index (χ1) is 7.38. The van der Waals surface area contributed by atoms with Gasteiger partial charge in [-0.2, -0.15) is 0 Å². The van der Waals surface area contributed by atoms with Crippen LogP contribution in [0.4, 0.5) is 0 Å². The molecule has 0 aliphatic heterocycles. The lowest BCUT2D eigenvalue weighted by Crippen LogP contribution is -2.10. The zero-order valence-electron chi connectivity index (χ0n) is 9.51. The van der Waals surface area contributed by atoms with E-state index >= 15 is 0 Å². The lowest BCUT2D eigenvalue weighted by molar-refractivity contribution is 0.591. The number of aromatic nitrogens is 1. The quantitative estimate of drug-likeness (QED) is 0.613. The number of benzene rings is 1. The predicted octanol–water partition coefficient (Wildman–Crippen LogP) is 4.84. The average Bonchev–Trinajstić information content (AvgIpc) is 2.17. The Morgan fingerprint density at radius 1 is 1.06 bits per heavy atom. The highest BCUT2D eigenvalue weighted by Gasteiger charge is 2.14. The number of rotatable bonds is 0. The van der Waals surface area contributed by atoms with E-state index in [9.17, 15) is 0 Å². The van der Waals surface area contributed by atoms with Crippen molar-refractivity contribution in [2.45, 2.75) is 26.2 Å². The molecule has 0 saturated heterocycles. The zero-order chi connectivity index (χ0) is 11.9. The summed E-state index contributed by atoms with van der Waals surface area (Å²) in [5.74, 6) is 0. The van der Waals surface area contributed by atoms with E-state index in [0.29, 0.717) is 10.2 Å². The Labute approximate surface area is 105 Å². The van der Waals surface area contributed by atoms with Crippen molar-refractivity contribution in [2.24, 2.45) is 0 Å². The van der Waals surface area contributed by atoms with Crippen LogP contribution in [0.1, 0.15) is 26.3 Å². The minimum absolute atomic E-state index is 0.113. The standard InChI is InChI=1S/C13H13Cl2N/c1-13(2,3)9-5-4-8-6-10(14)12(15)16-11(8)7-9/h4-7H,1-3H3. The molecule has 0 aliphatic carbocycles. The van der Waals surface area contributed by atoms with Gasteiger partial charge in [0.2, 0.25) is 0 Å². The first kappa shape index (κ1) is 11.7. The van der Waals surface area contributed by atoms with Crippen LogP contribution in [0.5, 0.6) is 0 Å². The van der Waals surface area contributed by atoms with E-state index in [1.807, 2.05) is 12.1 Å². The van der Waals surface area contributed by atoms with Gasteiger partial charge in [0, 0.05) is 5.39 Å². The van der Waals surface area contributed by atoms with E-state index < -0.39 is 0 Å². The predicted molar refractivity (Wildman–Crippen MR) is 70.5 cm³/mol. The lowest BCUT2D eigenvalue weighted by Gasteiger charge is -2.19. The van der Waals surface area contributed by atoms with E-state index in [2.05, 4.69) is 37.9 Å². The number of hydrogen-bond acceptors (Lipinski definition) is 1. The van der Waals surface area contributed by atoms with E-state index in [1.54, 1.807) is 0 Å². The molecule has 0 atom stereocenters. The van der Waals surface area contributed by atoms with Gasteiger partial charge in [-0.1, -0.05) is 56.1 Å². The Morgan fingerprint density at radius 2 is 1.75 bits per heavy atom. The maximum absolute atomic E-state index is 5.92. The third kappa shape index (κ3) is 2.16. The van der Waals surface area contributed by atoms with E-state index in [1.165, 1.54) is 5.56 Å². The summed E-state index contributed by atoms with van der Waals surface area (Å²) < 4.78 is 0. The van der Waals surface area contributed by atoms with Crippen LogP contribution in [-0.2, 0) is 5.41 Å². The van der Waals surface area contributed by atoms with Crippen molar-refractivity contribution in [2.75, 3.05) is 0 Å².